The molecule has 0 spiro atoms. The zero-order valence-electron chi connectivity index (χ0n) is 14.5. The normalized spacial score (nSPS) is 12.3. The lowest BCUT2D eigenvalue weighted by Crippen LogP contribution is -2.22. The van der Waals surface area contributed by atoms with E-state index < -0.39 is 14.0 Å². The van der Waals surface area contributed by atoms with Crippen molar-refractivity contribution in [2.45, 2.75) is 39.3 Å². The van der Waals surface area contributed by atoms with Crippen molar-refractivity contribution in [1.82, 2.24) is 4.57 Å². The van der Waals surface area contributed by atoms with E-state index in [1.807, 2.05) is 11.5 Å². The summed E-state index contributed by atoms with van der Waals surface area (Å²) in [5, 5.41) is 0. The summed E-state index contributed by atoms with van der Waals surface area (Å²) < 4.78 is 13.0. The van der Waals surface area contributed by atoms with Gasteiger partial charge in [0.1, 0.15) is 16.9 Å². The Morgan fingerprint density at radius 2 is 2.13 bits per heavy atom. The first-order chi connectivity index (χ1) is 10.7. The average Bonchev–Trinajstić information content (AvgIpc) is 2.79. The lowest BCUT2D eigenvalue weighted by Gasteiger charge is -2.16. The van der Waals surface area contributed by atoms with Crippen LogP contribution in [-0.2, 0) is 16.2 Å². The molecule has 0 saturated carbocycles. The van der Waals surface area contributed by atoms with Crippen LogP contribution >= 0.6 is 15.9 Å². The molecule has 0 atom stereocenters. The molecule has 23 heavy (non-hydrogen) atoms. The van der Waals surface area contributed by atoms with E-state index >= 15 is 0 Å². The molecule has 128 valence electrons. The van der Waals surface area contributed by atoms with Crippen LogP contribution in [0, 0.1) is 6.92 Å². The Kier molecular flexibility index (Phi) is 7.43. The maximum atomic E-state index is 11.9. The molecule has 1 rings (SSSR count). The van der Waals surface area contributed by atoms with Crippen LogP contribution in [0.15, 0.2) is 23.8 Å². The molecule has 0 unspecified atom stereocenters. The Morgan fingerprint density at radius 3 is 2.65 bits per heavy atom. The Hall–Kier alpha value is -1.18. The van der Waals surface area contributed by atoms with Gasteiger partial charge in [0.05, 0.1) is 12.8 Å². The van der Waals surface area contributed by atoms with Gasteiger partial charge >= 0.3 is 5.97 Å². The topological polar surface area (TPSA) is 52.8 Å². The number of aromatic nitrogens is 1. The fourth-order valence-electron chi connectivity index (χ4n) is 1.87. The van der Waals surface area contributed by atoms with Gasteiger partial charge in [-0.25, -0.2) is 9.79 Å². The standard InChI is InChI=1S/C16H25BrN2O3Si/c1-7-14(17)18-15-12(2)19(10-13(15)16(20)21-3)11-22-8-9-23(4,5)6/h7,10H,1,8-9,11H2,2-6H3. The molecule has 0 aliphatic heterocycles. The number of hydrogen-bond donors (Lipinski definition) is 0. The lowest BCUT2D eigenvalue weighted by molar-refractivity contribution is 0.0600. The number of halogens is 1. The summed E-state index contributed by atoms with van der Waals surface area (Å²) in [5.41, 5.74) is 1.83. The molecule has 0 N–H and O–H groups in total. The molecule has 1 heterocycles. The van der Waals surface area contributed by atoms with Crippen molar-refractivity contribution in [3.63, 3.8) is 0 Å². The van der Waals surface area contributed by atoms with E-state index in [2.05, 4.69) is 47.1 Å². The van der Waals surface area contributed by atoms with Gasteiger partial charge in [0.25, 0.3) is 0 Å². The highest BCUT2D eigenvalue weighted by molar-refractivity contribution is 9.18. The second-order valence-corrected chi connectivity index (χ2v) is 12.9. The SMILES string of the molecule is C=CC(Br)=Nc1c(C(=O)OC)cn(COCC[Si](C)(C)C)c1C. The summed E-state index contributed by atoms with van der Waals surface area (Å²) in [6.45, 7) is 13.6. The molecule has 5 nitrogen and oxygen atoms in total. The number of methoxy groups -OCH3 is 1. The van der Waals surface area contributed by atoms with Gasteiger partial charge in [0, 0.05) is 26.6 Å². The Balaban J connectivity index is 2.97. The van der Waals surface area contributed by atoms with Gasteiger partial charge in [-0.05, 0) is 35.0 Å². The number of carbonyl (C=O) groups excluding carboxylic acids is 1. The van der Waals surface area contributed by atoms with Gasteiger partial charge in [-0.2, -0.15) is 0 Å². The van der Waals surface area contributed by atoms with E-state index in [0.29, 0.717) is 22.6 Å². The van der Waals surface area contributed by atoms with E-state index in [0.717, 1.165) is 18.3 Å². The number of carbonyl (C=O) groups is 1. The zero-order chi connectivity index (χ0) is 17.6. The largest absolute Gasteiger partial charge is 0.465 e. The minimum absolute atomic E-state index is 0.390. The minimum Gasteiger partial charge on any atom is -0.465 e. The number of nitrogens with zero attached hydrogens (tertiary/aromatic N) is 2. The van der Waals surface area contributed by atoms with Crippen LogP contribution in [-0.4, -0.2) is 36.9 Å². The molecule has 7 heteroatoms. The van der Waals surface area contributed by atoms with Gasteiger partial charge in [-0.3, -0.25) is 0 Å². The van der Waals surface area contributed by atoms with Crippen molar-refractivity contribution >= 4 is 40.3 Å². The van der Waals surface area contributed by atoms with E-state index in [4.69, 9.17) is 9.47 Å². The molecular formula is C16H25BrN2O3Si. The van der Waals surface area contributed by atoms with Crippen molar-refractivity contribution in [2.75, 3.05) is 13.7 Å². The molecular weight excluding hydrogens is 376 g/mol. The van der Waals surface area contributed by atoms with Crippen LogP contribution < -0.4 is 0 Å². The van der Waals surface area contributed by atoms with E-state index in [1.165, 1.54) is 7.11 Å². The Labute approximate surface area is 147 Å². The third-order valence-electron chi connectivity index (χ3n) is 3.33. The van der Waals surface area contributed by atoms with Crippen molar-refractivity contribution in [1.29, 1.82) is 0 Å². The molecule has 0 bridgehead atoms. The molecule has 1 aromatic heterocycles. The molecule has 0 amide bonds. The minimum atomic E-state index is -1.11. The second-order valence-electron chi connectivity index (χ2n) is 6.42. The molecule has 0 aromatic carbocycles. The first-order valence-electron chi connectivity index (χ1n) is 7.42. The number of ether oxygens (including phenoxy) is 2. The van der Waals surface area contributed by atoms with Gasteiger partial charge in [-0.1, -0.05) is 26.2 Å². The number of allylic oxidation sites excluding steroid dienone is 1. The van der Waals surface area contributed by atoms with Crippen molar-refractivity contribution in [3.8, 4) is 0 Å². The van der Waals surface area contributed by atoms with Crippen LogP contribution in [0.1, 0.15) is 16.1 Å². The maximum Gasteiger partial charge on any atom is 0.341 e. The lowest BCUT2D eigenvalue weighted by atomic mass is 10.2. The predicted molar refractivity (Wildman–Crippen MR) is 101 cm³/mol. The highest BCUT2D eigenvalue weighted by Gasteiger charge is 2.19. The highest BCUT2D eigenvalue weighted by Crippen LogP contribution is 2.28. The monoisotopic (exact) mass is 400 g/mol. The number of rotatable bonds is 8. The van der Waals surface area contributed by atoms with Crippen LogP contribution in [0.2, 0.25) is 25.7 Å². The van der Waals surface area contributed by atoms with Crippen LogP contribution in [0.4, 0.5) is 5.69 Å². The van der Waals surface area contributed by atoms with Crippen LogP contribution in [0.3, 0.4) is 0 Å². The summed E-state index contributed by atoms with van der Waals surface area (Å²) in [5.74, 6) is -0.419. The number of hydrogen-bond acceptors (Lipinski definition) is 4. The second kappa shape index (κ2) is 8.61. The molecule has 1 aromatic rings. The Bertz CT molecular complexity index is 603. The van der Waals surface area contributed by atoms with Crippen LogP contribution in [0.5, 0.6) is 0 Å². The van der Waals surface area contributed by atoms with E-state index in [9.17, 15) is 4.79 Å². The van der Waals surface area contributed by atoms with Crippen molar-refractivity contribution < 1.29 is 14.3 Å². The molecule has 0 aliphatic carbocycles. The van der Waals surface area contributed by atoms with Gasteiger partial charge < -0.3 is 14.0 Å². The molecule has 0 saturated heterocycles. The fraction of sp³-hybridized carbons (Fsp3) is 0.500. The van der Waals surface area contributed by atoms with Gasteiger partial charge in [-0.15, -0.1) is 0 Å². The summed E-state index contributed by atoms with van der Waals surface area (Å²) in [6, 6.07) is 1.10. The fourth-order valence-corrected chi connectivity index (χ4v) is 2.81. The van der Waals surface area contributed by atoms with E-state index in [1.54, 1.807) is 12.3 Å². The quantitative estimate of drug-likeness (QED) is 0.279. The van der Waals surface area contributed by atoms with Gasteiger partial charge in [0.2, 0.25) is 0 Å². The summed E-state index contributed by atoms with van der Waals surface area (Å²) in [6.07, 6.45) is 3.29. The number of aliphatic imine (C=N–C) groups is 1. The molecule has 0 aliphatic rings. The van der Waals surface area contributed by atoms with E-state index in [-0.39, 0.29) is 0 Å². The third-order valence-corrected chi connectivity index (χ3v) is 5.54. The predicted octanol–water partition coefficient (Wildman–Crippen LogP) is 4.51. The van der Waals surface area contributed by atoms with Crippen molar-refractivity contribution in [3.05, 3.63) is 30.1 Å². The summed E-state index contributed by atoms with van der Waals surface area (Å²) in [4.78, 5) is 16.3. The highest BCUT2D eigenvalue weighted by atomic mass is 79.9. The Morgan fingerprint density at radius 1 is 1.48 bits per heavy atom. The summed E-state index contributed by atoms with van der Waals surface area (Å²) in [7, 11) is 0.244. The van der Waals surface area contributed by atoms with Crippen molar-refractivity contribution in [2.24, 2.45) is 4.99 Å². The first-order valence-corrected chi connectivity index (χ1v) is 11.9. The molecule has 0 fully saturated rings. The average molecular weight is 401 g/mol. The zero-order valence-corrected chi connectivity index (χ0v) is 17.1. The molecule has 0 radical (unpaired) electrons. The summed E-state index contributed by atoms with van der Waals surface area (Å²) >= 11 is 3.29. The smallest absolute Gasteiger partial charge is 0.341 e. The maximum absolute atomic E-state index is 11.9. The third kappa shape index (κ3) is 6.08. The first kappa shape index (κ1) is 19.9. The van der Waals surface area contributed by atoms with Gasteiger partial charge in [0.15, 0.2) is 0 Å². The number of esters is 1. The van der Waals surface area contributed by atoms with Crippen LogP contribution in [0.25, 0.3) is 0 Å².